The Kier molecular flexibility index (Phi) is 7.51. The summed E-state index contributed by atoms with van der Waals surface area (Å²) in [6.07, 6.45) is 0. The van der Waals surface area contributed by atoms with E-state index in [0.29, 0.717) is 17.6 Å². The average Bonchev–Trinajstić information content (AvgIpc) is 3.18. The number of nitrogens with one attached hydrogen (secondary N) is 1. The number of hydrogen-bond acceptors (Lipinski definition) is 7. The van der Waals surface area contributed by atoms with Crippen LogP contribution in [0.1, 0.15) is 17.0 Å². The van der Waals surface area contributed by atoms with Crippen molar-refractivity contribution in [2.45, 2.75) is 25.6 Å². The van der Waals surface area contributed by atoms with Gasteiger partial charge in [0.1, 0.15) is 12.4 Å². The van der Waals surface area contributed by atoms with Crippen molar-refractivity contribution in [3.05, 3.63) is 59.4 Å². The molecule has 2 heterocycles. The Morgan fingerprint density at radius 2 is 1.88 bits per heavy atom. The number of thioether (sulfide) groups is 1. The number of carbonyl (C=O) groups excluding carboxylic acids is 1. The third kappa shape index (κ3) is 6.06. The van der Waals surface area contributed by atoms with Crippen molar-refractivity contribution in [2.24, 2.45) is 7.05 Å². The molecule has 0 bridgehead atoms. The topological polar surface area (TPSA) is 81.5 Å². The molecule has 1 amide bonds. The molecule has 0 radical (unpaired) electrons. The maximum absolute atomic E-state index is 12.4. The first-order valence-corrected chi connectivity index (χ1v) is 11.9. The van der Waals surface area contributed by atoms with Crippen LogP contribution in [-0.4, -0.2) is 52.7 Å². The van der Waals surface area contributed by atoms with E-state index >= 15 is 0 Å². The fraction of sp³-hybridized carbons (Fsp3) is 0.375. The number of anilines is 2. The van der Waals surface area contributed by atoms with Gasteiger partial charge < -0.3 is 24.3 Å². The Morgan fingerprint density at radius 1 is 1.12 bits per heavy atom. The zero-order valence-electron chi connectivity index (χ0n) is 19.2. The first kappa shape index (κ1) is 23.1. The lowest BCUT2D eigenvalue weighted by molar-refractivity contribution is -0.113. The molecular weight excluding hydrogens is 438 g/mol. The van der Waals surface area contributed by atoms with E-state index in [4.69, 9.17) is 9.47 Å². The van der Waals surface area contributed by atoms with Crippen LogP contribution in [-0.2, 0) is 23.2 Å². The highest BCUT2D eigenvalue weighted by atomic mass is 32.2. The molecule has 174 valence electrons. The van der Waals surface area contributed by atoms with Crippen LogP contribution >= 0.6 is 11.8 Å². The van der Waals surface area contributed by atoms with Gasteiger partial charge in [0.15, 0.2) is 11.0 Å². The maximum atomic E-state index is 12.4. The number of carbonyl (C=O) groups is 1. The van der Waals surface area contributed by atoms with E-state index in [9.17, 15) is 4.79 Å². The molecule has 0 saturated carbocycles. The number of aromatic nitrogens is 3. The van der Waals surface area contributed by atoms with E-state index in [-0.39, 0.29) is 11.7 Å². The summed E-state index contributed by atoms with van der Waals surface area (Å²) in [5.74, 6) is 1.70. The zero-order chi connectivity index (χ0) is 23.2. The lowest BCUT2D eigenvalue weighted by Crippen LogP contribution is -2.36. The molecule has 1 saturated heterocycles. The van der Waals surface area contributed by atoms with Crippen LogP contribution in [0.2, 0.25) is 0 Å². The molecule has 1 aliphatic heterocycles. The van der Waals surface area contributed by atoms with Crippen molar-refractivity contribution in [1.29, 1.82) is 0 Å². The van der Waals surface area contributed by atoms with Gasteiger partial charge in [0.2, 0.25) is 5.91 Å². The van der Waals surface area contributed by atoms with Gasteiger partial charge in [-0.1, -0.05) is 23.9 Å². The number of benzene rings is 2. The molecule has 0 unspecified atom stereocenters. The lowest BCUT2D eigenvalue weighted by Gasteiger charge is -2.28. The molecule has 3 aromatic rings. The highest BCUT2D eigenvalue weighted by Crippen LogP contribution is 2.22. The van der Waals surface area contributed by atoms with E-state index in [1.54, 1.807) is 0 Å². The summed E-state index contributed by atoms with van der Waals surface area (Å²) in [6, 6.07) is 14.0. The quantitative estimate of drug-likeness (QED) is 0.507. The Bertz CT molecular complexity index is 1090. The van der Waals surface area contributed by atoms with Crippen LogP contribution in [0, 0.1) is 13.8 Å². The van der Waals surface area contributed by atoms with Gasteiger partial charge in [-0.15, -0.1) is 10.2 Å². The molecule has 2 aromatic carbocycles. The summed E-state index contributed by atoms with van der Waals surface area (Å²) in [5, 5.41) is 12.0. The van der Waals surface area contributed by atoms with Gasteiger partial charge in [-0.25, -0.2) is 0 Å². The fourth-order valence-corrected chi connectivity index (χ4v) is 4.24. The number of aryl methyl sites for hydroxylation is 2. The van der Waals surface area contributed by atoms with Crippen molar-refractivity contribution < 1.29 is 14.3 Å². The second-order valence-corrected chi connectivity index (χ2v) is 8.94. The van der Waals surface area contributed by atoms with E-state index in [1.165, 1.54) is 11.8 Å². The van der Waals surface area contributed by atoms with Crippen LogP contribution in [0.3, 0.4) is 0 Å². The monoisotopic (exact) mass is 467 g/mol. The van der Waals surface area contributed by atoms with Gasteiger partial charge in [0, 0.05) is 31.5 Å². The fourth-order valence-electron chi connectivity index (χ4n) is 3.51. The minimum atomic E-state index is -0.0877. The highest BCUT2D eigenvalue weighted by molar-refractivity contribution is 7.99. The van der Waals surface area contributed by atoms with Crippen molar-refractivity contribution in [1.82, 2.24) is 14.8 Å². The molecule has 0 aliphatic carbocycles. The number of nitrogens with zero attached hydrogens (tertiary/aromatic N) is 4. The molecule has 0 spiro atoms. The minimum absolute atomic E-state index is 0.0877. The molecule has 9 heteroatoms. The van der Waals surface area contributed by atoms with Gasteiger partial charge in [-0.2, -0.15) is 0 Å². The van der Waals surface area contributed by atoms with Gasteiger partial charge in [0.25, 0.3) is 0 Å². The lowest BCUT2D eigenvalue weighted by atomic mass is 10.1. The predicted molar refractivity (Wildman–Crippen MR) is 130 cm³/mol. The molecule has 33 heavy (non-hydrogen) atoms. The predicted octanol–water partition coefficient (Wildman–Crippen LogP) is 3.58. The van der Waals surface area contributed by atoms with Crippen LogP contribution < -0.4 is 15.0 Å². The second kappa shape index (κ2) is 10.7. The first-order valence-electron chi connectivity index (χ1n) is 10.9. The maximum Gasteiger partial charge on any atom is 0.234 e. The largest absolute Gasteiger partial charge is 0.485 e. The second-order valence-electron chi connectivity index (χ2n) is 8.00. The van der Waals surface area contributed by atoms with Crippen LogP contribution in [0.25, 0.3) is 0 Å². The SMILES string of the molecule is Cc1ccc(C)c(OCc2nnc(SCC(=O)Nc3ccc(N4CCOCC4)cc3)n2C)c1. The van der Waals surface area contributed by atoms with E-state index in [0.717, 1.165) is 54.6 Å². The van der Waals surface area contributed by atoms with Crippen molar-refractivity contribution in [3.8, 4) is 5.75 Å². The van der Waals surface area contributed by atoms with E-state index in [1.807, 2.05) is 61.9 Å². The third-order valence-corrected chi connectivity index (χ3v) is 6.51. The van der Waals surface area contributed by atoms with Crippen LogP contribution in [0.4, 0.5) is 11.4 Å². The molecule has 1 aromatic heterocycles. The Balaban J connectivity index is 1.27. The third-order valence-electron chi connectivity index (χ3n) is 5.49. The summed E-state index contributed by atoms with van der Waals surface area (Å²) in [7, 11) is 1.88. The Morgan fingerprint density at radius 3 is 2.64 bits per heavy atom. The summed E-state index contributed by atoms with van der Waals surface area (Å²) >= 11 is 1.35. The summed E-state index contributed by atoms with van der Waals surface area (Å²) in [5.41, 5.74) is 4.14. The summed E-state index contributed by atoms with van der Waals surface area (Å²) in [4.78, 5) is 14.7. The van der Waals surface area contributed by atoms with Gasteiger partial charge in [0.05, 0.1) is 19.0 Å². The van der Waals surface area contributed by atoms with Gasteiger partial charge in [-0.3, -0.25) is 4.79 Å². The number of hydrogen-bond donors (Lipinski definition) is 1. The Hall–Kier alpha value is -3.04. The van der Waals surface area contributed by atoms with Crippen LogP contribution in [0.5, 0.6) is 5.75 Å². The standard InChI is InChI=1S/C24H29N5O3S/c1-17-4-5-18(2)21(14-17)32-15-22-26-27-24(28(22)3)33-16-23(30)25-19-6-8-20(9-7-19)29-10-12-31-13-11-29/h4-9,14H,10-13,15-16H2,1-3H3,(H,25,30). The molecule has 1 fully saturated rings. The van der Waals surface area contributed by atoms with Crippen molar-refractivity contribution in [3.63, 3.8) is 0 Å². The van der Waals surface area contributed by atoms with E-state index < -0.39 is 0 Å². The van der Waals surface area contributed by atoms with Crippen molar-refractivity contribution in [2.75, 3.05) is 42.3 Å². The first-order chi connectivity index (χ1) is 16.0. The molecule has 1 N–H and O–H groups in total. The number of ether oxygens (including phenoxy) is 2. The normalized spacial score (nSPS) is 13.7. The molecule has 0 atom stereocenters. The number of rotatable bonds is 8. The van der Waals surface area contributed by atoms with E-state index in [2.05, 4.69) is 26.5 Å². The smallest absolute Gasteiger partial charge is 0.234 e. The van der Waals surface area contributed by atoms with Gasteiger partial charge in [-0.05, 0) is 55.3 Å². The molecule has 4 rings (SSSR count). The van der Waals surface area contributed by atoms with Gasteiger partial charge >= 0.3 is 0 Å². The zero-order valence-corrected chi connectivity index (χ0v) is 20.0. The highest BCUT2D eigenvalue weighted by Gasteiger charge is 2.14. The number of morpholine rings is 1. The average molecular weight is 468 g/mol. The Labute approximate surface area is 198 Å². The molecule has 1 aliphatic rings. The minimum Gasteiger partial charge on any atom is -0.485 e. The van der Waals surface area contributed by atoms with Crippen LogP contribution in [0.15, 0.2) is 47.6 Å². The summed E-state index contributed by atoms with van der Waals surface area (Å²) < 4.78 is 13.2. The molecular formula is C24H29N5O3S. The molecule has 8 nitrogen and oxygen atoms in total. The number of amides is 1. The summed E-state index contributed by atoms with van der Waals surface area (Å²) in [6.45, 7) is 7.63. The van der Waals surface area contributed by atoms with Crippen molar-refractivity contribution >= 4 is 29.0 Å².